The molecular weight excluding hydrogens is 197 g/mol. The van der Waals surface area contributed by atoms with Gasteiger partial charge in [-0.2, -0.15) is 0 Å². The molecule has 5 nitrogen and oxygen atoms in total. The molecule has 1 atom stereocenters. The molecule has 72 valence electrons. The highest BCUT2D eigenvalue weighted by molar-refractivity contribution is 8.00. The van der Waals surface area contributed by atoms with Crippen LogP contribution in [0.25, 0.3) is 0 Å². The van der Waals surface area contributed by atoms with E-state index in [-0.39, 0.29) is 5.16 Å². The number of carbonyl (C=O) groups is 1. The minimum absolute atomic E-state index is 0.257. The molecule has 0 amide bonds. The fourth-order valence-electron chi connectivity index (χ4n) is 0.633. The normalized spacial score (nSPS) is 12.8. The summed E-state index contributed by atoms with van der Waals surface area (Å²) in [6.45, 7) is 1.70. The third kappa shape index (κ3) is 2.18. The molecule has 0 fully saturated rings. The molecule has 0 aliphatic carbocycles. The summed E-state index contributed by atoms with van der Waals surface area (Å²) in [4.78, 5) is 10.2. The molecule has 1 rings (SSSR count). The monoisotopic (exact) mass is 205 g/mol. The lowest BCUT2D eigenvalue weighted by Crippen LogP contribution is -2.10. The van der Waals surface area contributed by atoms with Crippen molar-refractivity contribution < 1.29 is 14.3 Å². The molecule has 1 aromatic rings. The third-order valence-corrected chi connectivity index (χ3v) is 2.43. The second-order valence-electron chi connectivity index (χ2n) is 2.36. The van der Waals surface area contributed by atoms with Gasteiger partial charge in [0.2, 0.25) is 5.50 Å². The zero-order valence-electron chi connectivity index (χ0n) is 7.06. The summed E-state index contributed by atoms with van der Waals surface area (Å²) < 4.78 is 14.2. The lowest BCUT2D eigenvalue weighted by molar-refractivity contribution is -0.139. The molecule has 0 aromatic carbocycles. The molecule has 0 saturated carbocycles. The van der Waals surface area contributed by atoms with Crippen LogP contribution in [0.4, 0.5) is 4.39 Å². The van der Waals surface area contributed by atoms with E-state index in [9.17, 15) is 9.18 Å². The van der Waals surface area contributed by atoms with Gasteiger partial charge in [-0.1, -0.05) is 0 Å². The van der Waals surface area contributed by atoms with Gasteiger partial charge in [-0.05, 0) is 18.7 Å². The highest BCUT2D eigenvalue weighted by Gasteiger charge is 2.20. The van der Waals surface area contributed by atoms with Gasteiger partial charge in [-0.15, -0.1) is 10.2 Å². The first-order chi connectivity index (χ1) is 6.02. The maximum atomic E-state index is 12.7. The number of thioether (sulfide) groups is 1. The van der Waals surface area contributed by atoms with Crippen LogP contribution >= 0.6 is 11.8 Å². The van der Waals surface area contributed by atoms with Gasteiger partial charge in [0.1, 0.15) is 5.82 Å². The number of carboxylic acid groups (broad SMARTS) is 1. The first kappa shape index (κ1) is 9.97. The Labute approximate surface area is 78.0 Å². The van der Waals surface area contributed by atoms with Crippen molar-refractivity contribution in [3.63, 3.8) is 0 Å². The minimum Gasteiger partial charge on any atom is -0.478 e. The van der Waals surface area contributed by atoms with Gasteiger partial charge in [-0.25, -0.2) is 9.18 Å². The highest BCUT2D eigenvalue weighted by atomic mass is 32.2. The number of nitrogens with zero attached hydrogens (tertiary/aromatic N) is 3. The first-order valence-corrected chi connectivity index (χ1v) is 4.30. The van der Waals surface area contributed by atoms with Crippen LogP contribution in [0.2, 0.25) is 0 Å². The van der Waals surface area contributed by atoms with Crippen molar-refractivity contribution in [1.82, 2.24) is 14.8 Å². The van der Waals surface area contributed by atoms with Gasteiger partial charge in [0.15, 0.2) is 5.16 Å². The van der Waals surface area contributed by atoms with Gasteiger partial charge >= 0.3 is 5.97 Å². The van der Waals surface area contributed by atoms with E-state index in [0.29, 0.717) is 17.6 Å². The molecule has 13 heavy (non-hydrogen) atoms. The molecule has 7 heteroatoms. The van der Waals surface area contributed by atoms with E-state index in [1.165, 1.54) is 4.57 Å². The Morgan fingerprint density at radius 2 is 2.31 bits per heavy atom. The second-order valence-corrected chi connectivity index (χ2v) is 3.38. The Bertz CT molecular complexity index is 328. The van der Waals surface area contributed by atoms with E-state index in [1.54, 1.807) is 14.0 Å². The molecular formula is C6H8FN3O2S. The average Bonchev–Trinajstić information content (AvgIpc) is 2.36. The van der Waals surface area contributed by atoms with Crippen molar-refractivity contribution in [1.29, 1.82) is 0 Å². The number of halogens is 1. The number of carboxylic acids is 1. The van der Waals surface area contributed by atoms with E-state index >= 15 is 0 Å². The van der Waals surface area contributed by atoms with Crippen LogP contribution in [0.15, 0.2) is 5.16 Å². The number of rotatable bonds is 3. The molecule has 1 aromatic heterocycles. The van der Waals surface area contributed by atoms with Gasteiger partial charge in [0.05, 0.1) is 0 Å². The van der Waals surface area contributed by atoms with Crippen LogP contribution in [-0.4, -0.2) is 31.3 Å². The summed E-state index contributed by atoms with van der Waals surface area (Å²) >= 11 is 0.522. The average molecular weight is 205 g/mol. The Morgan fingerprint density at radius 1 is 1.69 bits per heavy atom. The Kier molecular flexibility index (Phi) is 2.86. The quantitative estimate of drug-likeness (QED) is 0.732. The summed E-state index contributed by atoms with van der Waals surface area (Å²) in [5.74, 6) is -0.897. The second kappa shape index (κ2) is 3.73. The van der Waals surface area contributed by atoms with Crippen molar-refractivity contribution in [3.8, 4) is 0 Å². The molecule has 1 heterocycles. The van der Waals surface area contributed by atoms with Gasteiger partial charge in [0.25, 0.3) is 0 Å². The van der Waals surface area contributed by atoms with Gasteiger partial charge < -0.3 is 9.67 Å². The smallest absolute Gasteiger partial charge is 0.349 e. The highest BCUT2D eigenvalue weighted by Crippen LogP contribution is 2.22. The topological polar surface area (TPSA) is 68.0 Å². The Morgan fingerprint density at radius 3 is 2.69 bits per heavy atom. The molecule has 0 spiro atoms. The Hall–Kier alpha value is -1.11. The largest absolute Gasteiger partial charge is 0.478 e. The van der Waals surface area contributed by atoms with E-state index < -0.39 is 11.5 Å². The lowest BCUT2D eigenvalue weighted by Gasteiger charge is -2.01. The molecule has 0 bridgehead atoms. The number of aryl methyl sites for hydroxylation is 1. The molecule has 0 aliphatic rings. The van der Waals surface area contributed by atoms with Crippen molar-refractivity contribution in [2.75, 3.05) is 0 Å². The van der Waals surface area contributed by atoms with Crippen LogP contribution < -0.4 is 0 Å². The van der Waals surface area contributed by atoms with E-state index in [1.807, 2.05) is 0 Å². The van der Waals surface area contributed by atoms with Crippen molar-refractivity contribution in [3.05, 3.63) is 5.82 Å². The lowest BCUT2D eigenvalue weighted by atomic mass is 10.7. The summed E-state index contributed by atoms with van der Waals surface area (Å²) in [5.41, 5.74) is -2.00. The van der Waals surface area contributed by atoms with E-state index in [0.717, 1.165) is 0 Å². The van der Waals surface area contributed by atoms with Gasteiger partial charge in [-0.3, -0.25) is 0 Å². The predicted molar refractivity (Wildman–Crippen MR) is 44.1 cm³/mol. The zero-order valence-corrected chi connectivity index (χ0v) is 7.88. The number of hydrogen-bond donors (Lipinski definition) is 1. The number of aliphatic carboxylic acids is 1. The SMILES string of the molecule is Cc1nnc(SC(F)C(=O)O)n1C. The number of alkyl halides is 1. The predicted octanol–water partition coefficient (Wildman–Crippen LogP) is 0.596. The fourth-order valence-corrected chi connectivity index (χ4v) is 1.30. The summed E-state index contributed by atoms with van der Waals surface area (Å²) in [5, 5.41) is 15.8. The number of hydrogen-bond acceptors (Lipinski definition) is 4. The van der Waals surface area contributed by atoms with Crippen molar-refractivity contribution in [2.45, 2.75) is 17.6 Å². The van der Waals surface area contributed by atoms with E-state index in [2.05, 4.69) is 10.2 Å². The molecule has 0 aliphatic heterocycles. The molecule has 1 N–H and O–H groups in total. The third-order valence-electron chi connectivity index (χ3n) is 1.46. The summed E-state index contributed by atoms with van der Waals surface area (Å²) in [7, 11) is 1.65. The first-order valence-electron chi connectivity index (χ1n) is 3.42. The van der Waals surface area contributed by atoms with Crippen LogP contribution in [-0.2, 0) is 11.8 Å². The molecule has 1 unspecified atom stereocenters. The van der Waals surface area contributed by atoms with Crippen LogP contribution in [0.1, 0.15) is 5.82 Å². The van der Waals surface area contributed by atoms with Crippen LogP contribution in [0, 0.1) is 6.92 Å². The summed E-state index contributed by atoms with van der Waals surface area (Å²) in [6, 6.07) is 0. The van der Waals surface area contributed by atoms with Crippen LogP contribution in [0.5, 0.6) is 0 Å². The van der Waals surface area contributed by atoms with Crippen molar-refractivity contribution in [2.24, 2.45) is 7.05 Å². The fraction of sp³-hybridized carbons (Fsp3) is 0.500. The Balaban J connectivity index is 2.74. The standard InChI is InChI=1S/C6H8FN3O2S/c1-3-8-9-6(10(3)2)13-4(7)5(11)12/h4H,1-2H3,(H,11,12). The maximum Gasteiger partial charge on any atom is 0.349 e. The molecule has 0 radical (unpaired) electrons. The zero-order chi connectivity index (χ0) is 10.0. The van der Waals surface area contributed by atoms with Crippen LogP contribution in [0.3, 0.4) is 0 Å². The maximum absolute atomic E-state index is 12.7. The van der Waals surface area contributed by atoms with E-state index in [4.69, 9.17) is 5.11 Å². The summed E-state index contributed by atoms with van der Waals surface area (Å²) in [6.07, 6.45) is 0. The number of aromatic nitrogens is 3. The minimum atomic E-state index is -2.00. The van der Waals surface area contributed by atoms with Gasteiger partial charge in [0, 0.05) is 7.05 Å². The van der Waals surface area contributed by atoms with Crippen molar-refractivity contribution >= 4 is 17.7 Å². The molecule has 0 saturated heterocycles.